The summed E-state index contributed by atoms with van der Waals surface area (Å²) in [4.78, 5) is 12.6. The van der Waals surface area contributed by atoms with Crippen molar-refractivity contribution in [2.45, 2.75) is 11.8 Å². The Morgan fingerprint density at radius 2 is 1.95 bits per heavy atom. The first kappa shape index (κ1) is 16.4. The first-order valence-electron chi connectivity index (χ1n) is 6.50. The second-order valence-electron chi connectivity index (χ2n) is 4.37. The average Bonchev–Trinajstić information content (AvgIpc) is 2.51. The Kier molecular flexibility index (Phi) is 5.86. The molecule has 6 heteroatoms. The maximum atomic E-state index is 11.7. The van der Waals surface area contributed by atoms with E-state index >= 15 is 0 Å². The van der Waals surface area contributed by atoms with Crippen LogP contribution in [0.5, 0.6) is 5.75 Å². The van der Waals surface area contributed by atoms with Gasteiger partial charge in [0, 0.05) is 16.8 Å². The first-order valence-corrected chi connectivity index (χ1v) is 7.70. The molecule has 4 nitrogen and oxygen atoms in total. The van der Waals surface area contributed by atoms with Gasteiger partial charge >= 0.3 is 0 Å². The molecule has 2 rings (SSSR count). The maximum Gasteiger partial charge on any atom is 0.186 e. The molecule has 1 N–H and O–H groups in total. The summed E-state index contributed by atoms with van der Waals surface area (Å²) in [7, 11) is 1.61. The van der Waals surface area contributed by atoms with Crippen molar-refractivity contribution in [2.75, 3.05) is 12.5 Å². The third-order valence-electron chi connectivity index (χ3n) is 2.69. The van der Waals surface area contributed by atoms with Crippen molar-refractivity contribution >= 4 is 39.9 Å². The molecule has 0 saturated heterocycles. The van der Waals surface area contributed by atoms with Gasteiger partial charge in [-0.3, -0.25) is 10.2 Å². The highest BCUT2D eigenvalue weighted by molar-refractivity contribution is 8.15. The van der Waals surface area contributed by atoms with Crippen molar-refractivity contribution in [2.24, 2.45) is 5.10 Å². The molecule has 2 aromatic carbocycles. The standard InChI is InChI=1S/C16H15ClN2O2S/c1-11(20)16(22-15-5-3-4-12(17)10-15)19-18-13-6-8-14(21-2)9-7-13/h3-10,18H,1-2H3. The minimum absolute atomic E-state index is 0.119. The summed E-state index contributed by atoms with van der Waals surface area (Å²) in [6.07, 6.45) is 0. The minimum atomic E-state index is -0.119. The van der Waals surface area contributed by atoms with E-state index in [1.807, 2.05) is 36.4 Å². The Bertz CT molecular complexity index is 687. The van der Waals surface area contributed by atoms with Crippen molar-refractivity contribution in [1.29, 1.82) is 0 Å². The predicted molar refractivity (Wildman–Crippen MR) is 92.0 cm³/mol. The third kappa shape index (κ3) is 4.79. The Morgan fingerprint density at radius 1 is 1.23 bits per heavy atom. The number of ether oxygens (including phenoxy) is 1. The number of benzene rings is 2. The highest BCUT2D eigenvalue weighted by Gasteiger charge is 2.09. The summed E-state index contributed by atoms with van der Waals surface area (Å²) in [5.74, 6) is 0.639. The van der Waals surface area contributed by atoms with Gasteiger partial charge in [-0.15, -0.1) is 0 Å². The van der Waals surface area contributed by atoms with Gasteiger partial charge in [-0.2, -0.15) is 5.10 Å². The number of nitrogens with zero attached hydrogens (tertiary/aromatic N) is 1. The third-order valence-corrected chi connectivity index (χ3v) is 3.99. The number of nitrogens with one attached hydrogen (secondary N) is 1. The van der Waals surface area contributed by atoms with Crippen LogP contribution in [0.15, 0.2) is 58.5 Å². The molecule has 2 aromatic rings. The Hall–Kier alpha value is -1.98. The molecule has 0 fully saturated rings. The summed E-state index contributed by atoms with van der Waals surface area (Å²) >= 11 is 7.21. The molecule has 0 aliphatic rings. The average molecular weight is 335 g/mol. The van der Waals surface area contributed by atoms with Crippen LogP contribution in [0.2, 0.25) is 5.02 Å². The minimum Gasteiger partial charge on any atom is -0.497 e. The van der Waals surface area contributed by atoms with E-state index in [1.165, 1.54) is 18.7 Å². The van der Waals surface area contributed by atoms with Crippen molar-refractivity contribution in [3.8, 4) is 5.75 Å². The molecule has 0 aromatic heterocycles. The zero-order chi connectivity index (χ0) is 15.9. The second kappa shape index (κ2) is 7.87. The lowest BCUT2D eigenvalue weighted by molar-refractivity contribution is -0.110. The highest BCUT2D eigenvalue weighted by Crippen LogP contribution is 2.24. The van der Waals surface area contributed by atoms with E-state index in [4.69, 9.17) is 16.3 Å². The Balaban J connectivity index is 2.11. The number of carbonyl (C=O) groups excluding carboxylic acids is 1. The zero-order valence-electron chi connectivity index (χ0n) is 12.2. The van der Waals surface area contributed by atoms with Crippen LogP contribution in [0.25, 0.3) is 0 Å². The van der Waals surface area contributed by atoms with Gasteiger partial charge in [0.15, 0.2) is 10.8 Å². The quantitative estimate of drug-likeness (QED) is 0.380. The monoisotopic (exact) mass is 334 g/mol. The number of halogens is 1. The molecule has 0 radical (unpaired) electrons. The van der Waals surface area contributed by atoms with Gasteiger partial charge in [-0.05, 0) is 42.5 Å². The molecule has 22 heavy (non-hydrogen) atoms. The Morgan fingerprint density at radius 3 is 2.55 bits per heavy atom. The summed E-state index contributed by atoms with van der Waals surface area (Å²) in [5.41, 5.74) is 3.64. The molecule has 0 aliphatic heterocycles. The van der Waals surface area contributed by atoms with E-state index in [1.54, 1.807) is 19.2 Å². The smallest absolute Gasteiger partial charge is 0.186 e. The lowest BCUT2D eigenvalue weighted by Gasteiger charge is -2.06. The molecular weight excluding hydrogens is 320 g/mol. The van der Waals surface area contributed by atoms with Gasteiger partial charge < -0.3 is 4.74 Å². The maximum absolute atomic E-state index is 11.7. The number of ketones is 1. The molecule has 0 atom stereocenters. The molecule has 0 aliphatic carbocycles. The van der Waals surface area contributed by atoms with Crippen LogP contribution >= 0.6 is 23.4 Å². The van der Waals surface area contributed by atoms with Crippen molar-refractivity contribution in [1.82, 2.24) is 0 Å². The van der Waals surface area contributed by atoms with E-state index in [0.29, 0.717) is 10.1 Å². The first-order chi connectivity index (χ1) is 10.6. The van der Waals surface area contributed by atoms with E-state index < -0.39 is 0 Å². The summed E-state index contributed by atoms with van der Waals surface area (Å²) in [6.45, 7) is 1.48. The van der Waals surface area contributed by atoms with Crippen LogP contribution in [-0.4, -0.2) is 17.9 Å². The van der Waals surface area contributed by atoms with Crippen molar-refractivity contribution in [3.63, 3.8) is 0 Å². The molecular formula is C16H15ClN2O2S. The number of hydrogen-bond donors (Lipinski definition) is 1. The van der Waals surface area contributed by atoms with Crippen LogP contribution in [0, 0.1) is 0 Å². The van der Waals surface area contributed by atoms with Crippen molar-refractivity contribution in [3.05, 3.63) is 53.6 Å². The SMILES string of the molecule is COc1ccc(NN=C(Sc2cccc(Cl)c2)C(C)=O)cc1. The van der Waals surface area contributed by atoms with Crippen LogP contribution in [0.4, 0.5) is 5.69 Å². The normalized spacial score (nSPS) is 11.1. The number of thioether (sulfide) groups is 1. The molecule has 0 unspecified atom stereocenters. The summed E-state index contributed by atoms with van der Waals surface area (Å²) in [6, 6.07) is 14.6. The number of methoxy groups -OCH3 is 1. The molecule has 0 saturated carbocycles. The number of anilines is 1. The predicted octanol–water partition coefficient (Wildman–Crippen LogP) is 4.46. The summed E-state index contributed by atoms with van der Waals surface area (Å²) < 4.78 is 5.09. The number of hydrogen-bond acceptors (Lipinski definition) is 5. The van der Waals surface area contributed by atoms with Gasteiger partial charge in [0.25, 0.3) is 0 Å². The summed E-state index contributed by atoms with van der Waals surface area (Å²) in [5, 5.41) is 5.15. The van der Waals surface area contributed by atoms with E-state index in [9.17, 15) is 4.79 Å². The van der Waals surface area contributed by atoms with Gasteiger partial charge in [0.1, 0.15) is 5.75 Å². The highest BCUT2D eigenvalue weighted by atomic mass is 35.5. The molecule has 0 bridgehead atoms. The van der Waals surface area contributed by atoms with Gasteiger partial charge in [0.05, 0.1) is 12.8 Å². The van der Waals surface area contributed by atoms with Crippen LogP contribution < -0.4 is 10.2 Å². The lowest BCUT2D eigenvalue weighted by atomic mass is 10.3. The zero-order valence-corrected chi connectivity index (χ0v) is 13.7. The van der Waals surface area contributed by atoms with Gasteiger partial charge in [-0.1, -0.05) is 29.4 Å². The lowest BCUT2D eigenvalue weighted by Crippen LogP contribution is -2.08. The molecule has 0 heterocycles. The molecule has 114 valence electrons. The van der Waals surface area contributed by atoms with E-state index in [0.717, 1.165) is 16.3 Å². The van der Waals surface area contributed by atoms with Crippen LogP contribution in [-0.2, 0) is 4.79 Å². The number of hydrazone groups is 1. The van der Waals surface area contributed by atoms with E-state index in [-0.39, 0.29) is 5.78 Å². The molecule has 0 amide bonds. The van der Waals surface area contributed by atoms with Crippen molar-refractivity contribution < 1.29 is 9.53 Å². The number of Topliss-reactive ketones (excluding diaryl/α,β-unsaturated/α-hetero) is 1. The largest absolute Gasteiger partial charge is 0.497 e. The molecule has 0 spiro atoms. The van der Waals surface area contributed by atoms with E-state index in [2.05, 4.69) is 10.5 Å². The van der Waals surface area contributed by atoms with Crippen LogP contribution in [0.1, 0.15) is 6.92 Å². The fourth-order valence-corrected chi connectivity index (χ4v) is 2.64. The fourth-order valence-electron chi connectivity index (χ4n) is 1.60. The topological polar surface area (TPSA) is 50.7 Å². The van der Waals surface area contributed by atoms with Gasteiger partial charge in [-0.25, -0.2) is 0 Å². The number of carbonyl (C=O) groups is 1. The number of rotatable bonds is 5. The fraction of sp³-hybridized carbons (Fsp3) is 0.125. The second-order valence-corrected chi connectivity index (χ2v) is 5.87. The van der Waals surface area contributed by atoms with Crippen LogP contribution in [0.3, 0.4) is 0 Å². The van der Waals surface area contributed by atoms with Gasteiger partial charge in [0.2, 0.25) is 0 Å². The Labute approximate surface area is 138 Å².